The molecule has 3 rings (SSSR count). The first-order valence-electron chi connectivity index (χ1n) is 10.4. The molecule has 0 N–H and O–H groups in total. The number of hydrogen-bond acceptors (Lipinski definition) is 7. The normalized spacial score (nSPS) is 15.4. The van der Waals surface area contributed by atoms with E-state index in [9.17, 15) is 21.6 Å². The van der Waals surface area contributed by atoms with Crippen molar-refractivity contribution in [2.45, 2.75) is 29.7 Å². The summed E-state index contributed by atoms with van der Waals surface area (Å²) in [6, 6.07) is 10.0. The first-order valence-corrected chi connectivity index (χ1v) is 13.7. The van der Waals surface area contributed by atoms with E-state index < -0.39 is 25.8 Å². The fourth-order valence-corrected chi connectivity index (χ4v) is 5.80. The van der Waals surface area contributed by atoms with Gasteiger partial charge in [-0.1, -0.05) is 0 Å². The Kier molecular flexibility index (Phi) is 7.47. The molecule has 1 aliphatic rings. The van der Waals surface area contributed by atoms with E-state index in [4.69, 9.17) is 9.47 Å². The van der Waals surface area contributed by atoms with Gasteiger partial charge < -0.3 is 14.4 Å². The molecule has 1 amide bonds. The Hall–Kier alpha value is -2.47. The summed E-state index contributed by atoms with van der Waals surface area (Å²) in [5.74, 6) is -0.273. The van der Waals surface area contributed by atoms with E-state index in [1.54, 1.807) is 12.1 Å². The first kappa shape index (κ1) is 25.2. The molecule has 1 aliphatic heterocycles. The summed E-state index contributed by atoms with van der Waals surface area (Å²) in [4.78, 5) is 15.0. The highest BCUT2D eigenvalue weighted by atomic mass is 32.2. The van der Waals surface area contributed by atoms with Crippen LogP contribution in [0.2, 0.25) is 0 Å². The average Bonchev–Trinajstić information content (AvgIpc) is 2.78. The number of morpholine rings is 1. The van der Waals surface area contributed by atoms with Gasteiger partial charge in [-0.05, 0) is 56.3 Å². The van der Waals surface area contributed by atoms with Crippen LogP contribution in [-0.4, -0.2) is 72.8 Å². The van der Waals surface area contributed by atoms with Crippen LogP contribution in [0.25, 0.3) is 0 Å². The van der Waals surface area contributed by atoms with Crippen molar-refractivity contribution in [1.29, 1.82) is 0 Å². The van der Waals surface area contributed by atoms with Gasteiger partial charge in [-0.15, -0.1) is 0 Å². The fourth-order valence-electron chi connectivity index (χ4n) is 3.58. The number of nitrogens with zero attached hydrogens (tertiary/aromatic N) is 2. The lowest BCUT2D eigenvalue weighted by molar-refractivity contribution is 0.0729. The number of methoxy groups -OCH3 is 1. The van der Waals surface area contributed by atoms with Gasteiger partial charge in [-0.25, -0.2) is 16.8 Å². The average molecular weight is 497 g/mol. The van der Waals surface area contributed by atoms with Gasteiger partial charge in [-0.3, -0.25) is 4.79 Å². The topological polar surface area (TPSA) is 110 Å². The predicted octanol–water partition coefficient (Wildman–Crippen LogP) is 2.17. The summed E-state index contributed by atoms with van der Waals surface area (Å²) >= 11 is 0. The van der Waals surface area contributed by atoms with Crippen LogP contribution in [0.3, 0.4) is 0 Å². The molecule has 0 unspecified atom stereocenters. The number of amides is 1. The van der Waals surface area contributed by atoms with E-state index in [0.717, 1.165) is 6.26 Å². The molecule has 11 heteroatoms. The van der Waals surface area contributed by atoms with Gasteiger partial charge in [0.1, 0.15) is 10.6 Å². The lowest BCUT2D eigenvalue weighted by Gasteiger charge is -2.28. The van der Waals surface area contributed by atoms with Crippen molar-refractivity contribution in [2.24, 2.45) is 0 Å². The van der Waals surface area contributed by atoms with Gasteiger partial charge in [-0.2, -0.15) is 4.31 Å². The minimum atomic E-state index is -3.90. The maximum Gasteiger partial charge on any atom is 0.258 e. The molecule has 0 radical (unpaired) electrons. The lowest BCUT2D eigenvalue weighted by atomic mass is 10.1. The summed E-state index contributed by atoms with van der Waals surface area (Å²) in [5, 5.41) is 0. The van der Waals surface area contributed by atoms with Crippen LogP contribution in [0.5, 0.6) is 5.75 Å². The van der Waals surface area contributed by atoms with Crippen LogP contribution in [-0.2, 0) is 24.6 Å². The standard InChI is InChI=1S/C22H28N2O7S2/c1-16(2)24(18-6-8-19(9-7-18)32(4,26)27)22(25)17-5-10-20(30-3)21(15-17)33(28,29)23-11-13-31-14-12-23/h5-10,15-16H,11-14H2,1-4H3. The van der Waals surface area contributed by atoms with Crippen molar-refractivity contribution in [3.05, 3.63) is 48.0 Å². The molecular formula is C22H28N2O7S2. The van der Waals surface area contributed by atoms with E-state index in [1.165, 1.54) is 46.6 Å². The molecular weight excluding hydrogens is 468 g/mol. The van der Waals surface area contributed by atoms with Crippen LogP contribution in [0.4, 0.5) is 5.69 Å². The van der Waals surface area contributed by atoms with Gasteiger partial charge in [0.15, 0.2) is 9.84 Å². The van der Waals surface area contributed by atoms with E-state index >= 15 is 0 Å². The Balaban J connectivity index is 2.02. The van der Waals surface area contributed by atoms with Gasteiger partial charge in [0.2, 0.25) is 10.0 Å². The van der Waals surface area contributed by atoms with Crippen LogP contribution in [0.1, 0.15) is 24.2 Å². The molecule has 0 atom stereocenters. The number of sulfonamides is 1. The van der Waals surface area contributed by atoms with Gasteiger partial charge in [0.05, 0.1) is 25.2 Å². The maximum atomic E-state index is 13.5. The molecule has 2 aromatic rings. The highest BCUT2D eigenvalue weighted by molar-refractivity contribution is 7.90. The van der Waals surface area contributed by atoms with Crippen molar-refractivity contribution in [1.82, 2.24) is 4.31 Å². The highest BCUT2D eigenvalue weighted by Gasteiger charge is 2.31. The van der Waals surface area contributed by atoms with Crippen LogP contribution >= 0.6 is 0 Å². The third kappa shape index (κ3) is 5.37. The van der Waals surface area contributed by atoms with E-state index in [1.807, 2.05) is 13.8 Å². The molecule has 0 saturated carbocycles. The zero-order valence-corrected chi connectivity index (χ0v) is 20.6. The number of rotatable bonds is 7. The highest BCUT2D eigenvalue weighted by Crippen LogP contribution is 2.30. The summed E-state index contributed by atoms with van der Waals surface area (Å²) in [6.45, 7) is 4.66. The number of ether oxygens (including phenoxy) is 2. The van der Waals surface area contributed by atoms with Gasteiger partial charge >= 0.3 is 0 Å². The minimum Gasteiger partial charge on any atom is -0.495 e. The SMILES string of the molecule is COc1ccc(C(=O)N(c2ccc(S(C)(=O)=O)cc2)C(C)C)cc1S(=O)(=O)N1CCOCC1. The molecule has 0 bridgehead atoms. The monoisotopic (exact) mass is 496 g/mol. The van der Waals surface area contributed by atoms with Crippen molar-refractivity contribution >= 4 is 31.5 Å². The van der Waals surface area contributed by atoms with E-state index in [-0.39, 0.29) is 40.2 Å². The minimum absolute atomic E-state index is 0.0890. The summed E-state index contributed by atoms with van der Waals surface area (Å²) < 4.78 is 61.9. The number of hydrogen-bond donors (Lipinski definition) is 0. The maximum absolute atomic E-state index is 13.5. The predicted molar refractivity (Wildman–Crippen MR) is 124 cm³/mol. The quantitative estimate of drug-likeness (QED) is 0.578. The Morgan fingerprint density at radius 1 is 1.03 bits per heavy atom. The largest absolute Gasteiger partial charge is 0.495 e. The summed E-state index contributed by atoms with van der Waals surface area (Å²) in [7, 11) is -5.90. The zero-order chi connectivity index (χ0) is 24.4. The van der Waals surface area contributed by atoms with Crippen LogP contribution < -0.4 is 9.64 Å². The second-order valence-electron chi connectivity index (χ2n) is 7.92. The van der Waals surface area contributed by atoms with Crippen molar-refractivity contribution in [3.63, 3.8) is 0 Å². The number of anilines is 1. The summed E-state index contributed by atoms with van der Waals surface area (Å²) in [6.07, 6.45) is 1.11. The van der Waals surface area contributed by atoms with E-state index in [0.29, 0.717) is 18.9 Å². The molecule has 33 heavy (non-hydrogen) atoms. The third-order valence-electron chi connectivity index (χ3n) is 5.28. The Labute approximate surface area is 194 Å². The number of sulfone groups is 1. The molecule has 1 fully saturated rings. The Morgan fingerprint density at radius 2 is 1.64 bits per heavy atom. The molecule has 180 valence electrons. The van der Waals surface area contributed by atoms with E-state index in [2.05, 4.69) is 0 Å². The zero-order valence-electron chi connectivity index (χ0n) is 19.0. The molecule has 1 heterocycles. The van der Waals surface area contributed by atoms with Crippen LogP contribution in [0, 0.1) is 0 Å². The molecule has 2 aromatic carbocycles. The van der Waals surface area contributed by atoms with Crippen LogP contribution in [0.15, 0.2) is 52.3 Å². The van der Waals surface area contributed by atoms with Crippen molar-refractivity contribution in [3.8, 4) is 5.75 Å². The molecule has 0 aromatic heterocycles. The second kappa shape index (κ2) is 9.80. The molecule has 9 nitrogen and oxygen atoms in total. The van der Waals surface area contributed by atoms with Crippen molar-refractivity contribution in [2.75, 3.05) is 44.6 Å². The first-order chi connectivity index (χ1) is 15.5. The Morgan fingerprint density at radius 3 is 2.15 bits per heavy atom. The number of carbonyl (C=O) groups is 1. The summed E-state index contributed by atoms with van der Waals surface area (Å²) in [5.41, 5.74) is 0.666. The smallest absolute Gasteiger partial charge is 0.258 e. The second-order valence-corrected chi connectivity index (χ2v) is 11.8. The Bertz CT molecular complexity index is 1220. The van der Waals surface area contributed by atoms with Crippen molar-refractivity contribution < 1.29 is 31.1 Å². The molecule has 0 aliphatic carbocycles. The molecule has 1 saturated heterocycles. The molecule has 0 spiro atoms. The van der Waals surface area contributed by atoms with Gasteiger partial charge in [0, 0.05) is 36.6 Å². The third-order valence-corrected chi connectivity index (χ3v) is 8.32. The number of carbonyl (C=O) groups excluding carboxylic acids is 1. The van der Waals surface area contributed by atoms with Gasteiger partial charge in [0.25, 0.3) is 5.91 Å². The number of benzene rings is 2. The fraction of sp³-hybridized carbons (Fsp3) is 0.409. The lowest BCUT2D eigenvalue weighted by Crippen LogP contribution is -2.41.